The van der Waals surface area contributed by atoms with Crippen LogP contribution in [-0.2, 0) is 6.42 Å². The summed E-state index contributed by atoms with van der Waals surface area (Å²) in [6.45, 7) is 0. The zero-order valence-electron chi connectivity index (χ0n) is 9.84. The van der Waals surface area contributed by atoms with Crippen LogP contribution in [0.15, 0.2) is 45.3 Å². The van der Waals surface area contributed by atoms with Crippen LogP contribution in [-0.4, -0.2) is 0 Å². The highest BCUT2D eigenvalue weighted by molar-refractivity contribution is 9.10. The minimum atomic E-state index is -0.304. The first kappa shape index (κ1) is 15.0. The van der Waals surface area contributed by atoms with Gasteiger partial charge in [-0.15, -0.1) is 0 Å². The van der Waals surface area contributed by atoms with Crippen LogP contribution in [0.3, 0.4) is 0 Å². The van der Waals surface area contributed by atoms with Crippen LogP contribution in [0.2, 0.25) is 5.02 Å². The highest BCUT2D eigenvalue weighted by Gasteiger charge is 2.11. The van der Waals surface area contributed by atoms with Gasteiger partial charge >= 0.3 is 0 Å². The van der Waals surface area contributed by atoms with Gasteiger partial charge in [-0.2, -0.15) is 0 Å². The van der Waals surface area contributed by atoms with Crippen LogP contribution in [0.5, 0.6) is 0 Å². The molecule has 5 heteroatoms. The topological polar surface area (TPSA) is 26.0 Å². The molecule has 0 radical (unpaired) electrons. The summed E-state index contributed by atoms with van der Waals surface area (Å²) < 4.78 is 14.9. The predicted octanol–water partition coefficient (Wildman–Crippen LogP) is 5.25. The third-order valence-corrected chi connectivity index (χ3v) is 4.07. The van der Waals surface area contributed by atoms with Gasteiger partial charge < -0.3 is 5.73 Å². The molecule has 0 fully saturated rings. The van der Waals surface area contributed by atoms with Crippen LogP contribution in [0.25, 0.3) is 0 Å². The van der Waals surface area contributed by atoms with E-state index in [1.54, 1.807) is 0 Å². The van der Waals surface area contributed by atoms with Crippen molar-refractivity contribution in [2.75, 3.05) is 0 Å². The minimum absolute atomic E-state index is 0.300. The molecular formula is C14H11Br2ClFN. The second kappa shape index (κ2) is 6.35. The van der Waals surface area contributed by atoms with E-state index >= 15 is 0 Å². The summed E-state index contributed by atoms with van der Waals surface area (Å²) in [6.07, 6.45) is 0.558. The molecule has 2 aromatic rings. The molecule has 0 spiro atoms. The molecule has 0 saturated carbocycles. The number of nitrogens with two attached hydrogens (primary N) is 1. The average Bonchev–Trinajstić information content (AvgIpc) is 2.31. The lowest BCUT2D eigenvalue weighted by Gasteiger charge is -2.14. The first-order valence-corrected chi connectivity index (χ1v) is 7.57. The lowest BCUT2D eigenvalue weighted by molar-refractivity contribution is 0.617. The average molecular weight is 408 g/mol. The van der Waals surface area contributed by atoms with E-state index in [4.69, 9.17) is 17.3 Å². The molecule has 0 saturated heterocycles. The van der Waals surface area contributed by atoms with Gasteiger partial charge in [-0.1, -0.05) is 49.5 Å². The van der Waals surface area contributed by atoms with E-state index in [2.05, 4.69) is 31.9 Å². The molecule has 1 atom stereocenters. The highest BCUT2D eigenvalue weighted by atomic mass is 79.9. The molecule has 2 aromatic carbocycles. The zero-order chi connectivity index (χ0) is 14.0. The van der Waals surface area contributed by atoms with E-state index in [1.807, 2.05) is 24.3 Å². The first-order valence-electron chi connectivity index (χ1n) is 5.61. The molecule has 0 aliphatic heterocycles. The quantitative estimate of drug-likeness (QED) is 0.739. The molecule has 0 heterocycles. The van der Waals surface area contributed by atoms with E-state index in [9.17, 15) is 4.39 Å². The van der Waals surface area contributed by atoms with Crippen molar-refractivity contribution in [2.45, 2.75) is 12.5 Å². The van der Waals surface area contributed by atoms with Crippen molar-refractivity contribution in [3.05, 3.63) is 67.3 Å². The van der Waals surface area contributed by atoms with E-state index in [0.717, 1.165) is 15.6 Å². The Morgan fingerprint density at radius 1 is 1.11 bits per heavy atom. The van der Waals surface area contributed by atoms with Gasteiger partial charge in [0.2, 0.25) is 0 Å². The Balaban J connectivity index is 2.22. The summed E-state index contributed by atoms with van der Waals surface area (Å²) in [5, 5.41) is 0.653. The van der Waals surface area contributed by atoms with Crippen LogP contribution < -0.4 is 5.73 Å². The maximum atomic E-state index is 13.3. The molecule has 100 valence electrons. The molecule has 1 unspecified atom stereocenters. The third kappa shape index (κ3) is 4.02. The fourth-order valence-corrected chi connectivity index (χ4v) is 3.06. The number of halogens is 4. The Labute approximate surface area is 133 Å². The van der Waals surface area contributed by atoms with Gasteiger partial charge in [-0.25, -0.2) is 4.39 Å². The largest absolute Gasteiger partial charge is 0.324 e. The molecule has 2 N–H and O–H groups in total. The highest BCUT2D eigenvalue weighted by Crippen LogP contribution is 2.27. The van der Waals surface area contributed by atoms with Crippen molar-refractivity contribution in [3.63, 3.8) is 0 Å². The van der Waals surface area contributed by atoms with Crippen LogP contribution in [0, 0.1) is 5.82 Å². The number of hydrogen-bond acceptors (Lipinski definition) is 1. The summed E-state index contributed by atoms with van der Waals surface area (Å²) in [4.78, 5) is 0. The third-order valence-electron chi connectivity index (χ3n) is 2.77. The van der Waals surface area contributed by atoms with Crippen LogP contribution in [0.1, 0.15) is 17.2 Å². The van der Waals surface area contributed by atoms with Gasteiger partial charge in [0.1, 0.15) is 5.82 Å². The van der Waals surface area contributed by atoms with Crippen molar-refractivity contribution in [3.8, 4) is 0 Å². The summed E-state index contributed by atoms with van der Waals surface area (Å²) in [7, 11) is 0. The summed E-state index contributed by atoms with van der Waals surface area (Å²) in [6, 6.07) is 10.0. The predicted molar refractivity (Wildman–Crippen MR) is 83.9 cm³/mol. The Bertz CT molecular complexity index is 584. The Morgan fingerprint density at radius 3 is 2.47 bits per heavy atom. The SMILES string of the molecule is NC(Cc1ccc(Br)cc1Cl)c1cc(F)cc(Br)c1. The Kier molecular flexibility index (Phi) is 5.01. The van der Waals surface area contributed by atoms with Crippen molar-refractivity contribution >= 4 is 43.5 Å². The van der Waals surface area contributed by atoms with Gasteiger partial charge in [0.25, 0.3) is 0 Å². The monoisotopic (exact) mass is 405 g/mol. The zero-order valence-corrected chi connectivity index (χ0v) is 13.8. The fraction of sp³-hybridized carbons (Fsp3) is 0.143. The second-order valence-corrected chi connectivity index (χ2v) is 6.49. The van der Waals surface area contributed by atoms with Gasteiger partial charge in [0, 0.05) is 20.0 Å². The molecule has 0 aliphatic carbocycles. The Hall–Kier alpha value is -0.420. The molecular weight excluding hydrogens is 396 g/mol. The lowest BCUT2D eigenvalue weighted by atomic mass is 9.99. The summed E-state index contributed by atoms with van der Waals surface area (Å²) in [5.41, 5.74) is 7.80. The lowest BCUT2D eigenvalue weighted by Crippen LogP contribution is -2.14. The Morgan fingerprint density at radius 2 is 1.84 bits per heavy atom. The van der Waals surface area contributed by atoms with Crippen LogP contribution in [0.4, 0.5) is 4.39 Å². The molecule has 0 bridgehead atoms. The number of benzene rings is 2. The van der Waals surface area contributed by atoms with E-state index in [1.165, 1.54) is 12.1 Å². The van der Waals surface area contributed by atoms with Crippen molar-refractivity contribution in [1.29, 1.82) is 0 Å². The maximum absolute atomic E-state index is 13.3. The molecule has 0 amide bonds. The van der Waals surface area contributed by atoms with Crippen molar-refractivity contribution in [2.24, 2.45) is 5.73 Å². The number of hydrogen-bond donors (Lipinski definition) is 1. The first-order chi connectivity index (χ1) is 8.95. The van der Waals surface area contributed by atoms with Crippen LogP contribution >= 0.6 is 43.5 Å². The van der Waals surface area contributed by atoms with Gasteiger partial charge in [0.05, 0.1) is 0 Å². The molecule has 0 aromatic heterocycles. The molecule has 19 heavy (non-hydrogen) atoms. The second-order valence-electron chi connectivity index (χ2n) is 4.25. The van der Waals surface area contributed by atoms with Gasteiger partial charge in [0.15, 0.2) is 0 Å². The van der Waals surface area contributed by atoms with E-state index < -0.39 is 0 Å². The normalized spacial score (nSPS) is 12.5. The smallest absolute Gasteiger partial charge is 0.124 e. The standard InChI is InChI=1S/C14H11Br2ClFN/c15-10-2-1-8(13(17)7-10)5-14(19)9-3-11(16)6-12(18)4-9/h1-4,6-7,14H,5,19H2. The van der Waals surface area contributed by atoms with E-state index in [0.29, 0.717) is 15.9 Å². The molecule has 2 rings (SSSR count). The van der Waals surface area contributed by atoms with Gasteiger partial charge in [-0.3, -0.25) is 0 Å². The van der Waals surface area contributed by atoms with Crippen molar-refractivity contribution in [1.82, 2.24) is 0 Å². The summed E-state index contributed by atoms with van der Waals surface area (Å²) in [5.74, 6) is -0.304. The maximum Gasteiger partial charge on any atom is 0.124 e. The van der Waals surface area contributed by atoms with Crippen molar-refractivity contribution < 1.29 is 4.39 Å². The van der Waals surface area contributed by atoms with Gasteiger partial charge in [-0.05, 0) is 47.9 Å². The number of rotatable bonds is 3. The molecule has 0 aliphatic rings. The fourth-order valence-electron chi connectivity index (χ4n) is 1.83. The van der Waals surface area contributed by atoms with E-state index in [-0.39, 0.29) is 11.9 Å². The minimum Gasteiger partial charge on any atom is -0.324 e. The molecule has 1 nitrogen and oxygen atoms in total. The summed E-state index contributed by atoms with van der Waals surface area (Å²) >= 11 is 12.8.